The lowest BCUT2D eigenvalue weighted by molar-refractivity contribution is -0.274. The number of halogens is 3. The van der Waals surface area contributed by atoms with Gasteiger partial charge in [0.15, 0.2) is 0 Å². The molecular weight excluding hydrogens is 233 g/mol. The van der Waals surface area contributed by atoms with E-state index in [1.165, 1.54) is 36.7 Å². The minimum absolute atomic E-state index is 0.247. The molecule has 0 bridgehead atoms. The summed E-state index contributed by atoms with van der Waals surface area (Å²) in [7, 11) is 0. The van der Waals surface area contributed by atoms with Crippen LogP contribution >= 0.6 is 0 Å². The van der Waals surface area contributed by atoms with Crippen LogP contribution in [-0.4, -0.2) is 16.6 Å². The monoisotopic (exact) mass is 240 g/mol. The molecule has 1 aromatic carbocycles. The van der Waals surface area contributed by atoms with E-state index in [1.807, 2.05) is 0 Å². The number of nitrogens with zero attached hydrogens (tertiary/aromatic N) is 2. The zero-order chi connectivity index (χ0) is 12.3. The molecule has 0 aliphatic carbocycles. The van der Waals surface area contributed by atoms with E-state index < -0.39 is 6.36 Å². The van der Waals surface area contributed by atoms with E-state index in [9.17, 15) is 13.2 Å². The van der Waals surface area contributed by atoms with E-state index in [-0.39, 0.29) is 5.75 Å². The summed E-state index contributed by atoms with van der Waals surface area (Å²) in [5.74, 6) is -0.247. The fraction of sp³-hybridized carbons (Fsp3) is 0.0909. The topological polar surface area (TPSA) is 35.0 Å². The Kier molecular flexibility index (Phi) is 2.95. The van der Waals surface area contributed by atoms with Crippen LogP contribution in [-0.2, 0) is 0 Å². The zero-order valence-electron chi connectivity index (χ0n) is 8.48. The van der Waals surface area contributed by atoms with Gasteiger partial charge in [-0.05, 0) is 23.8 Å². The second kappa shape index (κ2) is 4.40. The van der Waals surface area contributed by atoms with Crippen molar-refractivity contribution >= 4 is 0 Å². The average molecular weight is 240 g/mol. The molecule has 0 unspecified atom stereocenters. The Morgan fingerprint density at radius 3 is 2.12 bits per heavy atom. The van der Waals surface area contributed by atoms with Crippen molar-refractivity contribution in [2.75, 3.05) is 0 Å². The summed E-state index contributed by atoms with van der Waals surface area (Å²) in [6, 6.07) is 7.27. The van der Waals surface area contributed by atoms with Gasteiger partial charge in [-0.15, -0.1) is 13.2 Å². The number of ether oxygens (including phenoxy) is 1. The first-order valence-electron chi connectivity index (χ1n) is 4.67. The summed E-state index contributed by atoms with van der Waals surface area (Å²) in [4.78, 5) is 0. The van der Waals surface area contributed by atoms with Crippen LogP contribution in [0.25, 0.3) is 11.1 Å². The van der Waals surface area contributed by atoms with Gasteiger partial charge in [-0.25, -0.2) is 0 Å². The molecular formula is C11H7F3N2O. The van der Waals surface area contributed by atoms with Gasteiger partial charge in [0.25, 0.3) is 0 Å². The summed E-state index contributed by atoms with van der Waals surface area (Å²) in [6.45, 7) is 0. The average Bonchev–Trinajstić information content (AvgIpc) is 2.29. The summed E-state index contributed by atoms with van der Waals surface area (Å²) >= 11 is 0. The van der Waals surface area contributed by atoms with Crippen LogP contribution in [0.5, 0.6) is 5.75 Å². The first-order chi connectivity index (χ1) is 8.04. The van der Waals surface area contributed by atoms with Crippen molar-refractivity contribution in [3.8, 4) is 16.9 Å². The molecule has 0 atom stereocenters. The molecule has 0 aliphatic heterocycles. The number of benzene rings is 1. The third kappa shape index (κ3) is 3.17. The second-order valence-electron chi connectivity index (χ2n) is 3.20. The highest BCUT2D eigenvalue weighted by molar-refractivity contribution is 5.62. The molecule has 3 nitrogen and oxygen atoms in total. The molecule has 2 aromatic rings. The van der Waals surface area contributed by atoms with Crippen LogP contribution in [0, 0.1) is 0 Å². The molecule has 2 rings (SSSR count). The maximum absolute atomic E-state index is 11.9. The Balaban J connectivity index is 2.19. The molecule has 1 heterocycles. The van der Waals surface area contributed by atoms with Gasteiger partial charge in [0.2, 0.25) is 0 Å². The molecule has 17 heavy (non-hydrogen) atoms. The quantitative estimate of drug-likeness (QED) is 0.809. The fourth-order valence-electron chi connectivity index (χ4n) is 1.31. The van der Waals surface area contributed by atoms with Gasteiger partial charge in [-0.2, -0.15) is 10.2 Å². The molecule has 1 aromatic heterocycles. The van der Waals surface area contributed by atoms with Crippen LogP contribution in [0.15, 0.2) is 42.7 Å². The Morgan fingerprint density at radius 1 is 0.882 bits per heavy atom. The lowest BCUT2D eigenvalue weighted by Crippen LogP contribution is -2.16. The van der Waals surface area contributed by atoms with Gasteiger partial charge < -0.3 is 4.74 Å². The number of aromatic nitrogens is 2. The predicted molar refractivity (Wildman–Crippen MR) is 54.2 cm³/mol. The van der Waals surface area contributed by atoms with Crippen molar-refractivity contribution in [1.29, 1.82) is 0 Å². The Bertz CT molecular complexity index is 482. The van der Waals surface area contributed by atoms with Crippen LogP contribution < -0.4 is 4.74 Å². The largest absolute Gasteiger partial charge is 0.573 e. The van der Waals surface area contributed by atoms with E-state index in [2.05, 4.69) is 14.9 Å². The second-order valence-corrected chi connectivity index (χ2v) is 3.20. The molecule has 0 spiro atoms. The molecule has 0 N–H and O–H groups in total. The van der Waals surface area contributed by atoms with Gasteiger partial charge in [0, 0.05) is 5.56 Å². The van der Waals surface area contributed by atoms with E-state index in [0.717, 1.165) is 11.1 Å². The van der Waals surface area contributed by atoms with Gasteiger partial charge in [0.05, 0.1) is 12.4 Å². The molecule has 0 saturated carbocycles. The standard InChI is InChI=1S/C11H7F3N2O/c12-11(13,14)17-10-3-1-8(2-4-10)9-5-6-15-16-7-9/h1-7H. The molecule has 0 radical (unpaired) electrons. The van der Waals surface area contributed by atoms with Crippen molar-refractivity contribution in [3.05, 3.63) is 42.7 Å². The minimum Gasteiger partial charge on any atom is -0.406 e. The van der Waals surface area contributed by atoms with Crippen molar-refractivity contribution in [3.63, 3.8) is 0 Å². The van der Waals surface area contributed by atoms with Gasteiger partial charge >= 0.3 is 6.36 Å². The van der Waals surface area contributed by atoms with Crippen LogP contribution in [0.3, 0.4) is 0 Å². The summed E-state index contributed by atoms with van der Waals surface area (Å²) in [5.41, 5.74) is 1.52. The van der Waals surface area contributed by atoms with E-state index in [0.29, 0.717) is 0 Å². The van der Waals surface area contributed by atoms with Gasteiger partial charge in [-0.3, -0.25) is 0 Å². The van der Waals surface area contributed by atoms with Gasteiger partial charge in [0.1, 0.15) is 5.75 Å². The normalized spacial score (nSPS) is 11.2. The summed E-state index contributed by atoms with van der Waals surface area (Å²) in [6.07, 6.45) is -1.63. The van der Waals surface area contributed by atoms with Crippen LogP contribution in [0.4, 0.5) is 13.2 Å². The molecule has 0 fully saturated rings. The van der Waals surface area contributed by atoms with E-state index in [4.69, 9.17) is 0 Å². The maximum atomic E-state index is 11.9. The fourth-order valence-corrected chi connectivity index (χ4v) is 1.31. The van der Waals surface area contributed by atoms with E-state index in [1.54, 1.807) is 6.07 Å². The smallest absolute Gasteiger partial charge is 0.406 e. The number of rotatable bonds is 2. The van der Waals surface area contributed by atoms with Crippen molar-refractivity contribution in [2.24, 2.45) is 0 Å². The first-order valence-corrected chi connectivity index (χ1v) is 4.67. The first kappa shape index (κ1) is 11.4. The zero-order valence-corrected chi connectivity index (χ0v) is 8.48. The van der Waals surface area contributed by atoms with Crippen LogP contribution in [0.1, 0.15) is 0 Å². The summed E-state index contributed by atoms with van der Waals surface area (Å²) < 4.78 is 39.5. The Hall–Kier alpha value is -2.11. The number of hydrogen-bond donors (Lipinski definition) is 0. The van der Waals surface area contributed by atoms with Crippen molar-refractivity contribution in [1.82, 2.24) is 10.2 Å². The Morgan fingerprint density at radius 2 is 1.59 bits per heavy atom. The highest BCUT2D eigenvalue weighted by Crippen LogP contribution is 2.25. The predicted octanol–water partition coefficient (Wildman–Crippen LogP) is 3.04. The van der Waals surface area contributed by atoms with E-state index >= 15 is 0 Å². The van der Waals surface area contributed by atoms with Crippen LogP contribution in [0.2, 0.25) is 0 Å². The maximum Gasteiger partial charge on any atom is 0.573 e. The third-order valence-electron chi connectivity index (χ3n) is 2.01. The number of hydrogen-bond acceptors (Lipinski definition) is 3. The van der Waals surface area contributed by atoms with Gasteiger partial charge in [-0.1, -0.05) is 12.1 Å². The molecule has 88 valence electrons. The highest BCUT2D eigenvalue weighted by Gasteiger charge is 2.30. The van der Waals surface area contributed by atoms with Crippen molar-refractivity contribution in [2.45, 2.75) is 6.36 Å². The third-order valence-corrected chi connectivity index (χ3v) is 2.01. The Labute approximate surface area is 94.9 Å². The minimum atomic E-state index is -4.67. The highest BCUT2D eigenvalue weighted by atomic mass is 19.4. The molecule has 0 amide bonds. The SMILES string of the molecule is FC(F)(F)Oc1ccc(-c2ccnnc2)cc1. The lowest BCUT2D eigenvalue weighted by atomic mass is 10.1. The lowest BCUT2D eigenvalue weighted by Gasteiger charge is -2.09. The molecule has 6 heteroatoms. The summed E-state index contributed by atoms with van der Waals surface area (Å²) in [5, 5.41) is 7.30. The molecule has 0 aliphatic rings. The van der Waals surface area contributed by atoms with Crippen molar-refractivity contribution < 1.29 is 17.9 Å². The number of alkyl halides is 3. The molecule has 0 saturated heterocycles.